The fourth-order valence-corrected chi connectivity index (χ4v) is 3.31. The van der Waals surface area contributed by atoms with Gasteiger partial charge >= 0.3 is 0 Å². The Morgan fingerprint density at radius 2 is 2.07 bits per heavy atom. The second-order valence-electron chi connectivity index (χ2n) is 6.32. The summed E-state index contributed by atoms with van der Waals surface area (Å²) in [6.45, 7) is 0.482. The smallest absolute Gasteiger partial charge is 0.251 e. The summed E-state index contributed by atoms with van der Waals surface area (Å²) < 4.78 is 15.8. The summed E-state index contributed by atoms with van der Waals surface area (Å²) in [5.74, 6) is -0.152. The highest BCUT2D eigenvalue weighted by Crippen LogP contribution is 2.32. The van der Waals surface area contributed by atoms with Crippen LogP contribution in [0.2, 0.25) is 0 Å². The predicted molar refractivity (Wildman–Crippen MR) is 109 cm³/mol. The van der Waals surface area contributed by atoms with Gasteiger partial charge in [0.25, 0.3) is 5.91 Å². The van der Waals surface area contributed by atoms with Crippen LogP contribution in [0.5, 0.6) is 17.2 Å². The van der Waals surface area contributed by atoms with Crippen LogP contribution < -0.4 is 24.4 Å². The lowest BCUT2D eigenvalue weighted by Gasteiger charge is -2.31. The summed E-state index contributed by atoms with van der Waals surface area (Å²) in [6, 6.07) is 12.3. The van der Waals surface area contributed by atoms with E-state index in [-0.39, 0.29) is 18.5 Å². The lowest BCUT2D eigenvalue weighted by Crippen LogP contribution is -2.58. The Balaban J connectivity index is 1.51. The second-order valence-corrected chi connectivity index (χ2v) is 6.71. The van der Waals surface area contributed by atoms with E-state index in [0.717, 1.165) is 5.56 Å². The predicted octanol–water partition coefficient (Wildman–Crippen LogP) is 2.06. The molecule has 1 N–H and O–H groups in total. The molecule has 0 aliphatic carbocycles. The molecule has 1 fully saturated rings. The van der Waals surface area contributed by atoms with Crippen LogP contribution in [-0.2, 0) is 16.1 Å². The molecule has 2 aliphatic heterocycles. The Bertz CT molecular complexity index is 1020. The van der Waals surface area contributed by atoms with E-state index < -0.39 is 17.7 Å². The third-order valence-electron chi connectivity index (χ3n) is 4.48. The van der Waals surface area contributed by atoms with Crippen molar-refractivity contribution in [2.45, 2.75) is 6.54 Å². The monoisotopic (exact) mass is 411 g/mol. The molecular formula is C20H17N3O5S. The topological polar surface area (TPSA) is 89.5 Å². The largest absolute Gasteiger partial charge is 0.497 e. The quantitative estimate of drug-likeness (QED) is 0.460. The number of ether oxygens (including phenoxy) is 3. The Labute approximate surface area is 172 Å². The molecule has 4 rings (SSSR count). The first-order chi connectivity index (χ1) is 14.1. The van der Waals surface area contributed by atoms with Crippen molar-refractivity contribution in [2.24, 2.45) is 10.9 Å². The minimum absolute atomic E-state index is 0.0219. The van der Waals surface area contributed by atoms with Gasteiger partial charge in [-0.15, -0.1) is 0 Å². The van der Waals surface area contributed by atoms with E-state index >= 15 is 0 Å². The highest BCUT2D eigenvalue weighted by molar-refractivity contribution is 7.80. The van der Waals surface area contributed by atoms with Gasteiger partial charge in [0.1, 0.15) is 5.75 Å². The van der Waals surface area contributed by atoms with Gasteiger partial charge in [-0.2, -0.15) is 0 Å². The van der Waals surface area contributed by atoms with Crippen molar-refractivity contribution in [2.75, 3.05) is 18.8 Å². The SMILES string of the molecule is COc1cccc(N2C(=O)[C@@H](C=NCc3ccc4c(c3)OCO4)C(=O)NC2=S)c1. The first-order valence-electron chi connectivity index (χ1n) is 8.78. The molecule has 0 radical (unpaired) electrons. The van der Waals surface area contributed by atoms with Crippen molar-refractivity contribution in [1.82, 2.24) is 5.32 Å². The molecule has 2 aromatic rings. The maximum atomic E-state index is 13.0. The van der Waals surface area contributed by atoms with Gasteiger partial charge < -0.3 is 19.5 Å². The summed E-state index contributed by atoms with van der Waals surface area (Å²) in [5, 5.41) is 2.58. The molecule has 0 saturated carbocycles. The molecule has 148 valence electrons. The van der Waals surface area contributed by atoms with Crippen molar-refractivity contribution in [3.05, 3.63) is 48.0 Å². The highest BCUT2D eigenvalue weighted by atomic mass is 32.1. The molecule has 0 spiro atoms. The summed E-state index contributed by atoms with van der Waals surface area (Å²) in [4.78, 5) is 30.8. The van der Waals surface area contributed by atoms with Gasteiger partial charge in [0.05, 0.1) is 19.3 Å². The van der Waals surface area contributed by atoms with Crippen molar-refractivity contribution in [1.29, 1.82) is 0 Å². The van der Waals surface area contributed by atoms with Gasteiger partial charge in [0, 0.05) is 12.3 Å². The molecule has 0 bridgehead atoms. The second kappa shape index (κ2) is 7.88. The van der Waals surface area contributed by atoms with E-state index in [4.69, 9.17) is 26.4 Å². The summed E-state index contributed by atoms with van der Waals surface area (Å²) >= 11 is 5.19. The molecular weight excluding hydrogens is 394 g/mol. The van der Waals surface area contributed by atoms with Crippen LogP contribution in [0.3, 0.4) is 0 Å². The summed E-state index contributed by atoms with van der Waals surface area (Å²) in [6.07, 6.45) is 1.34. The molecule has 9 heteroatoms. The number of carbonyl (C=O) groups excluding carboxylic acids is 2. The maximum absolute atomic E-state index is 13.0. The van der Waals surface area contributed by atoms with Gasteiger partial charge in [-0.1, -0.05) is 12.1 Å². The van der Waals surface area contributed by atoms with Gasteiger partial charge in [0.2, 0.25) is 12.7 Å². The molecule has 8 nitrogen and oxygen atoms in total. The zero-order chi connectivity index (χ0) is 20.4. The van der Waals surface area contributed by atoms with Crippen molar-refractivity contribution < 1.29 is 23.8 Å². The Morgan fingerprint density at radius 1 is 1.24 bits per heavy atom. The fourth-order valence-electron chi connectivity index (χ4n) is 3.02. The van der Waals surface area contributed by atoms with Gasteiger partial charge in [-0.25, -0.2) is 0 Å². The number of carbonyl (C=O) groups is 2. The minimum Gasteiger partial charge on any atom is -0.497 e. The molecule has 2 aromatic carbocycles. The number of methoxy groups -OCH3 is 1. The summed E-state index contributed by atoms with van der Waals surface area (Å²) in [5.41, 5.74) is 1.38. The number of amides is 2. The third-order valence-corrected chi connectivity index (χ3v) is 4.76. The average molecular weight is 411 g/mol. The van der Waals surface area contributed by atoms with Crippen LogP contribution in [0.15, 0.2) is 47.5 Å². The van der Waals surface area contributed by atoms with Crippen LogP contribution in [0.25, 0.3) is 0 Å². The Hall–Kier alpha value is -3.46. The average Bonchev–Trinajstić information content (AvgIpc) is 3.18. The number of hydrogen-bond acceptors (Lipinski definition) is 7. The lowest BCUT2D eigenvalue weighted by atomic mass is 10.1. The molecule has 0 unspecified atom stereocenters. The molecule has 29 heavy (non-hydrogen) atoms. The minimum atomic E-state index is -1.08. The first kappa shape index (κ1) is 18.9. The first-order valence-corrected chi connectivity index (χ1v) is 9.19. The van der Waals surface area contributed by atoms with Crippen molar-refractivity contribution in [3.63, 3.8) is 0 Å². The number of rotatable bonds is 5. The zero-order valence-corrected chi connectivity index (χ0v) is 16.3. The molecule has 2 heterocycles. The van der Waals surface area contributed by atoms with E-state index in [0.29, 0.717) is 22.9 Å². The van der Waals surface area contributed by atoms with Crippen LogP contribution in [-0.4, -0.2) is 37.0 Å². The number of benzene rings is 2. The fraction of sp³-hybridized carbons (Fsp3) is 0.200. The maximum Gasteiger partial charge on any atom is 0.251 e. The molecule has 0 aromatic heterocycles. The van der Waals surface area contributed by atoms with Crippen LogP contribution in [0, 0.1) is 5.92 Å². The Kier molecular flexibility index (Phi) is 5.13. The number of hydrogen-bond donors (Lipinski definition) is 1. The number of fused-ring (bicyclic) bond motifs is 1. The number of thiocarbonyl (C=S) groups is 1. The lowest BCUT2D eigenvalue weighted by molar-refractivity contribution is -0.130. The van der Waals surface area contributed by atoms with Crippen molar-refractivity contribution >= 4 is 41.0 Å². The van der Waals surface area contributed by atoms with Gasteiger partial charge in [-0.05, 0) is 42.0 Å². The third kappa shape index (κ3) is 3.77. The normalized spacial score (nSPS) is 18.3. The number of nitrogens with zero attached hydrogens (tertiary/aromatic N) is 2. The molecule has 1 atom stereocenters. The number of nitrogens with one attached hydrogen (secondary N) is 1. The molecule has 2 aliphatic rings. The molecule has 2 amide bonds. The highest BCUT2D eigenvalue weighted by Gasteiger charge is 2.38. The number of anilines is 1. The van der Waals surface area contributed by atoms with Crippen LogP contribution >= 0.6 is 12.2 Å². The molecule has 1 saturated heterocycles. The zero-order valence-electron chi connectivity index (χ0n) is 15.5. The van der Waals surface area contributed by atoms with Crippen molar-refractivity contribution in [3.8, 4) is 17.2 Å². The van der Waals surface area contributed by atoms with Crippen LogP contribution in [0.4, 0.5) is 5.69 Å². The number of aliphatic imine (C=N–C) groups is 1. The van der Waals surface area contributed by atoms with E-state index in [1.54, 1.807) is 30.3 Å². The van der Waals surface area contributed by atoms with E-state index in [9.17, 15) is 9.59 Å². The van der Waals surface area contributed by atoms with Gasteiger partial charge in [0.15, 0.2) is 22.5 Å². The summed E-state index contributed by atoms with van der Waals surface area (Å²) in [7, 11) is 1.53. The Morgan fingerprint density at radius 3 is 2.90 bits per heavy atom. The van der Waals surface area contributed by atoms with Crippen LogP contribution in [0.1, 0.15) is 5.56 Å². The standard InChI is InChI=1S/C20H17N3O5S/c1-26-14-4-2-3-13(8-14)23-19(25)15(18(24)22-20(23)29)10-21-9-12-5-6-16-17(7-12)28-11-27-16/h2-8,10,15H,9,11H2,1H3,(H,22,24,29)/t15-/m0/s1. The van der Waals surface area contributed by atoms with E-state index in [1.165, 1.54) is 18.2 Å². The van der Waals surface area contributed by atoms with Gasteiger partial charge in [-0.3, -0.25) is 19.5 Å². The van der Waals surface area contributed by atoms with E-state index in [2.05, 4.69) is 10.3 Å². The van der Waals surface area contributed by atoms with E-state index in [1.807, 2.05) is 12.1 Å².